The van der Waals surface area contributed by atoms with E-state index in [0.29, 0.717) is 5.41 Å². The van der Waals surface area contributed by atoms with Crippen molar-refractivity contribution in [2.24, 2.45) is 22.7 Å². The molecular weight excluding hydrogens is 324 g/mol. The minimum atomic E-state index is -0.554. The molecule has 3 nitrogen and oxygen atoms in total. The first-order valence-electron chi connectivity index (χ1n) is 10.3. The van der Waals surface area contributed by atoms with Gasteiger partial charge in [-0.25, -0.2) is 0 Å². The molecule has 152 valence electrons. The molecule has 0 heterocycles. The molecule has 2 saturated carbocycles. The first-order chi connectivity index (χ1) is 11.7. The summed E-state index contributed by atoms with van der Waals surface area (Å²) in [7, 11) is 0. The Morgan fingerprint density at radius 1 is 0.923 bits per heavy atom. The Morgan fingerprint density at radius 2 is 1.31 bits per heavy atom. The van der Waals surface area contributed by atoms with Crippen LogP contribution >= 0.6 is 0 Å². The van der Waals surface area contributed by atoms with Crippen molar-refractivity contribution in [1.29, 1.82) is 0 Å². The van der Waals surface area contributed by atoms with Crippen molar-refractivity contribution in [3.8, 4) is 0 Å². The zero-order valence-corrected chi connectivity index (χ0v) is 18.0. The molecule has 2 fully saturated rings. The molecule has 0 aliphatic heterocycles. The van der Waals surface area contributed by atoms with Gasteiger partial charge >= 0.3 is 0 Å². The van der Waals surface area contributed by atoms with Crippen LogP contribution in [-0.2, 0) is 4.79 Å². The molecule has 0 aromatic carbocycles. The summed E-state index contributed by atoms with van der Waals surface area (Å²) >= 11 is 0. The molecule has 2 N–H and O–H groups in total. The average Bonchev–Trinajstić information content (AvgIpc) is 3.32. The predicted octanol–water partition coefficient (Wildman–Crippen LogP) is 5.29. The van der Waals surface area contributed by atoms with Gasteiger partial charge in [0.15, 0.2) is 0 Å². The lowest BCUT2D eigenvalue weighted by atomic mass is 9.94. The zero-order chi connectivity index (χ0) is 20.2. The van der Waals surface area contributed by atoms with Gasteiger partial charge in [-0.15, -0.1) is 6.58 Å². The third kappa shape index (κ3) is 8.35. The molecule has 0 bridgehead atoms. The molecule has 0 spiro atoms. The normalized spacial score (nSPS) is 33.1. The summed E-state index contributed by atoms with van der Waals surface area (Å²) in [5.74, 6) is 1.02. The molecule has 2 rings (SSSR count). The fourth-order valence-electron chi connectivity index (χ4n) is 3.89. The predicted molar refractivity (Wildman–Crippen MR) is 109 cm³/mol. The highest BCUT2D eigenvalue weighted by atomic mass is 16.3. The molecule has 0 saturated heterocycles. The minimum absolute atomic E-state index is 0.257. The van der Waals surface area contributed by atoms with E-state index in [9.17, 15) is 15.0 Å². The van der Waals surface area contributed by atoms with Crippen molar-refractivity contribution in [3.05, 3.63) is 12.7 Å². The fourth-order valence-corrected chi connectivity index (χ4v) is 3.89. The van der Waals surface area contributed by atoms with Gasteiger partial charge in [0.1, 0.15) is 6.29 Å². The van der Waals surface area contributed by atoms with Crippen LogP contribution < -0.4 is 0 Å². The van der Waals surface area contributed by atoms with Crippen LogP contribution in [0.5, 0.6) is 0 Å². The summed E-state index contributed by atoms with van der Waals surface area (Å²) in [5.41, 5.74) is -0.281. The Morgan fingerprint density at radius 3 is 1.58 bits per heavy atom. The second-order valence-corrected chi connectivity index (χ2v) is 10.6. The summed E-state index contributed by atoms with van der Waals surface area (Å²) in [6.07, 6.45) is 11.7. The monoisotopic (exact) mass is 366 g/mol. The van der Waals surface area contributed by atoms with Gasteiger partial charge < -0.3 is 15.0 Å². The van der Waals surface area contributed by atoms with Crippen LogP contribution in [0.3, 0.4) is 0 Å². The Bertz CT molecular complexity index is 427. The van der Waals surface area contributed by atoms with Gasteiger partial charge in [0.2, 0.25) is 0 Å². The molecule has 3 heteroatoms. The Kier molecular flexibility index (Phi) is 7.69. The van der Waals surface area contributed by atoms with Crippen LogP contribution in [0, 0.1) is 22.7 Å². The molecule has 2 aliphatic rings. The minimum Gasteiger partial charge on any atom is -0.390 e. The standard InChI is InChI=1S/C12H22O.C11H20O2/c1-5-10-9-12(10,4)8-6-7-11(2,3)13;1-10(2,13)5-4-6-11(3)7-9(11)8-12/h5,10,13H,1,6-9H2,2-4H3;8-9,13H,4-7H2,1-3H3/t10-,12+;9-,11-/m00/s1. The lowest BCUT2D eigenvalue weighted by Gasteiger charge is -2.18. The SMILES string of the molecule is C=C[C@H]1C[C@@]1(C)CCCC(C)(C)O.CC(C)(O)CCC[C@@]1(C)C[C@H]1C=O. The molecule has 0 amide bonds. The summed E-state index contributed by atoms with van der Waals surface area (Å²) in [4.78, 5) is 10.5. The van der Waals surface area contributed by atoms with Crippen molar-refractivity contribution in [2.75, 3.05) is 0 Å². The second kappa shape index (κ2) is 8.56. The highest BCUT2D eigenvalue weighted by Gasteiger charge is 2.49. The van der Waals surface area contributed by atoms with E-state index in [1.54, 1.807) is 0 Å². The molecule has 0 radical (unpaired) electrons. The van der Waals surface area contributed by atoms with E-state index in [1.165, 1.54) is 12.8 Å². The first-order valence-corrected chi connectivity index (χ1v) is 10.3. The van der Waals surface area contributed by atoms with Gasteiger partial charge in [-0.3, -0.25) is 0 Å². The largest absolute Gasteiger partial charge is 0.390 e. The van der Waals surface area contributed by atoms with Crippen LogP contribution in [0.2, 0.25) is 0 Å². The van der Waals surface area contributed by atoms with Gasteiger partial charge in [0.25, 0.3) is 0 Å². The van der Waals surface area contributed by atoms with E-state index in [2.05, 4.69) is 26.5 Å². The van der Waals surface area contributed by atoms with E-state index < -0.39 is 11.2 Å². The van der Waals surface area contributed by atoms with Crippen molar-refractivity contribution in [3.63, 3.8) is 0 Å². The molecule has 0 aromatic rings. The van der Waals surface area contributed by atoms with E-state index in [0.717, 1.165) is 50.7 Å². The van der Waals surface area contributed by atoms with Crippen molar-refractivity contribution in [1.82, 2.24) is 0 Å². The van der Waals surface area contributed by atoms with Crippen molar-refractivity contribution in [2.45, 2.75) is 104 Å². The lowest BCUT2D eigenvalue weighted by molar-refractivity contribution is -0.109. The van der Waals surface area contributed by atoms with E-state index in [-0.39, 0.29) is 11.3 Å². The lowest BCUT2D eigenvalue weighted by Crippen LogP contribution is -2.18. The van der Waals surface area contributed by atoms with Crippen LogP contribution in [0.25, 0.3) is 0 Å². The number of rotatable bonds is 10. The molecule has 0 aromatic heterocycles. The van der Waals surface area contributed by atoms with Crippen LogP contribution in [0.15, 0.2) is 12.7 Å². The third-order valence-electron chi connectivity index (χ3n) is 6.36. The maximum absolute atomic E-state index is 10.5. The summed E-state index contributed by atoms with van der Waals surface area (Å²) in [6.45, 7) is 15.7. The number of hydrogen-bond acceptors (Lipinski definition) is 3. The zero-order valence-electron chi connectivity index (χ0n) is 18.0. The number of carbonyl (C=O) groups is 1. The number of aldehydes is 1. The van der Waals surface area contributed by atoms with Crippen molar-refractivity contribution < 1.29 is 15.0 Å². The topological polar surface area (TPSA) is 57.5 Å². The second-order valence-electron chi connectivity index (χ2n) is 10.6. The Hall–Kier alpha value is -0.670. The molecule has 4 atom stereocenters. The van der Waals surface area contributed by atoms with Crippen LogP contribution in [-0.4, -0.2) is 27.7 Å². The number of aliphatic hydroxyl groups is 2. The molecule has 2 aliphatic carbocycles. The third-order valence-corrected chi connectivity index (χ3v) is 6.36. The Labute approximate surface area is 161 Å². The highest BCUT2D eigenvalue weighted by molar-refractivity contribution is 5.59. The molecule has 26 heavy (non-hydrogen) atoms. The molecule has 0 unspecified atom stereocenters. The average molecular weight is 367 g/mol. The quantitative estimate of drug-likeness (QED) is 0.408. The van der Waals surface area contributed by atoms with Crippen LogP contribution in [0.4, 0.5) is 0 Å². The van der Waals surface area contributed by atoms with E-state index in [1.807, 2.05) is 27.7 Å². The van der Waals surface area contributed by atoms with Gasteiger partial charge in [-0.05, 0) is 83.0 Å². The maximum Gasteiger partial charge on any atom is 0.123 e. The van der Waals surface area contributed by atoms with Gasteiger partial charge in [0.05, 0.1) is 11.2 Å². The van der Waals surface area contributed by atoms with E-state index in [4.69, 9.17) is 0 Å². The Balaban J connectivity index is 0.000000260. The number of allylic oxidation sites excluding steroid dienone is 1. The van der Waals surface area contributed by atoms with Gasteiger partial charge in [0, 0.05) is 5.92 Å². The highest BCUT2D eigenvalue weighted by Crippen LogP contribution is 2.56. The maximum atomic E-state index is 10.5. The number of hydrogen-bond donors (Lipinski definition) is 2. The fraction of sp³-hybridized carbons (Fsp3) is 0.870. The van der Waals surface area contributed by atoms with Crippen LogP contribution in [0.1, 0.15) is 92.9 Å². The van der Waals surface area contributed by atoms with Gasteiger partial charge in [-0.1, -0.05) is 32.8 Å². The van der Waals surface area contributed by atoms with Gasteiger partial charge in [-0.2, -0.15) is 0 Å². The summed E-state index contributed by atoms with van der Waals surface area (Å²) in [6, 6.07) is 0. The summed E-state index contributed by atoms with van der Waals surface area (Å²) in [5, 5.41) is 19.0. The number of carbonyl (C=O) groups excluding carboxylic acids is 1. The van der Waals surface area contributed by atoms with E-state index >= 15 is 0 Å². The smallest absolute Gasteiger partial charge is 0.123 e. The van der Waals surface area contributed by atoms with Crippen molar-refractivity contribution >= 4 is 6.29 Å². The molecular formula is C23H42O3. The summed E-state index contributed by atoms with van der Waals surface area (Å²) < 4.78 is 0. The first kappa shape index (κ1) is 23.4.